The number of hydrogen-bond acceptors (Lipinski definition) is 2. The van der Waals surface area contributed by atoms with Crippen LogP contribution in [0.1, 0.15) is 18.9 Å². The van der Waals surface area contributed by atoms with E-state index in [9.17, 15) is 4.39 Å². The zero-order chi connectivity index (χ0) is 13.0. The van der Waals surface area contributed by atoms with Crippen LogP contribution in [0.5, 0.6) is 0 Å². The number of nitrogens with one attached hydrogen (secondary N) is 1. The summed E-state index contributed by atoms with van der Waals surface area (Å²) in [5.41, 5.74) is 1.07. The fraction of sp³-hybridized carbons (Fsp3) is 0.571. The second-order valence-corrected chi connectivity index (χ2v) is 6.73. The minimum absolute atomic E-state index is 0.149. The van der Waals surface area contributed by atoms with E-state index in [1.165, 1.54) is 24.0 Å². The highest BCUT2D eigenvalue weighted by Gasteiger charge is 2.25. The molecule has 1 saturated heterocycles. The molecule has 100 valence electrons. The zero-order valence-electron chi connectivity index (χ0n) is 10.6. The number of thioether (sulfide) groups is 1. The number of rotatable bonds is 5. The molecular formula is C14H19BrFNS. The Kier molecular flexibility index (Phi) is 5.52. The molecule has 0 aromatic heterocycles. The highest BCUT2D eigenvalue weighted by atomic mass is 79.9. The van der Waals surface area contributed by atoms with Crippen LogP contribution < -0.4 is 5.32 Å². The van der Waals surface area contributed by atoms with Crippen molar-refractivity contribution in [2.45, 2.75) is 25.8 Å². The molecule has 1 N–H and O–H groups in total. The summed E-state index contributed by atoms with van der Waals surface area (Å²) in [6.45, 7) is 3.11. The van der Waals surface area contributed by atoms with Crippen LogP contribution in [0, 0.1) is 11.7 Å². The second-order valence-electron chi connectivity index (χ2n) is 4.73. The molecule has 1 fully saturated rings. The predicted molar refractivity (Wildman–Crippen MR) is 80.7 cm³/mol. The first kappa shape index (κ1) is 14.4. The average Bonchev–Trinajstić information content (AvgIpc) is 2.87. The first-order valence-corrected chi connectivity index (χ1v) is 8.40. The minimum Gasteiger partial charge on any atom is -0.314 e. The maximum Gasteiger partial charge on any atom is 0.123 e. The van der Waals surface area contributed by atoms with Crippen molar-refractivity contribution in [3.8, 4) is 0 Å². The van der Waals surface area contributed by atoms with Gasteiger partial charge in [-0.1, -0.05) is 22.9 Å². The van der Waals surface area contributed by atoms with Gasteiger partial charge in [-0.15, -0.1) is 0 Å². The van der Waals surface area contributed by atoms with E-state index < -0.39 is 0 Å². The standard InChI is InChI=1S/C14H19BrFNS/c1-2-17-14(10-5-6-18-9-10)8-11-7-12(16)3-4-13(11)15/h3-4,7,10,14,17H,2,5-6,8-9H2,1H3. The molecule has 1 aromatic rings. The third-order valence-corrected chi connectivity index (χ3v) is 5.41. The van der Waals surface area contributed by atoms with Crippen LogP contribution in [-0.2, 0) is 6.42 Å². The van der Waals surface area contributed by atoms with Gasteiger partial charge in [-0.2, -0.15) is 11.8 Å². The Labute approximate surface area is 121 Å². The molecule has 1 nitrogen and oxygen atoms in total. The summed E-state index contributed by atoms with van der Waals surface area (Å²) < 4.78 is 14.3. The molecule has 2 unspecified atom stereocenters. The van der Waals surface area contributed by atoms with Gasteiger partial charge in [0.25, 0.3) is 0 Å². The van der Waals surface area contributed by atoms with Gasteiger partial charge in [-0.05, 0) is 60.6 Å². The molecule has 1 heterocycles. The summed E-state index contributed by atoms with van der Waals surface area (Å²) in [6.07, 6.45) is 2.17. The Bertz CT molecular complexity index is 393. The van der Waals surface area contributed by atoms with E-state index >= 15 is 0 Å². The molecule has 2 atom stereocenters. The van der Waals surface area contributed by atoms with Crippen LogP contribution in [0.4, 0.5) is 4.39 Å². The van der Waals surface area contributed by atoms with E-state index in [2.05, 4.69) is 28.2 Å². The highest BCUT2D eigenvalue weighted by Crippen LogP contribution is 2.29. The van der Waals surface area contributed by atoms with Crippen LogP contribution in [-0.4, -0.2) is 24.1 Å². The largest absolute Gasteiger partial charge is 0.314 e. The van der Waals surface area contributed by atoms with Crippen molar-refractivity contribution in [1.82, 2.24) is 5.32 Å². The lowest BCUT2D eigenvalue weighted by molar-refractivity contribution is 0.386. The van der Waals surface area contributed by atoms with Crippen LogP contribution in [0.15, 0.2) is 22.7 Å². The molecule has 4 heteroatoms. The van der Waals surface area contributed by atoms with Gasteiger partial charge in [0.05, 0.1) is 0 Å². The summed E-state index contributed by atoms with van der Waals surface area (Å²) in [7, 11) is 0. The molecule has 0 radical (unpaired) electrons. The topological polar surface area (TPSA) is 12.0 Å². The lowest BCUT2D eigenvalue weighted by atomic mass is 9.93. The second kappa shape index (κ2) is 6.92. The van der Waals surface area contributed by atoms with Gasteiger partial charge in [0.2, 0.25) is 0 Å². The van der Waals surface area contributed by atoms with E-state index in [4.69, 9.17) is 0 Å². The van der Waals surface area contributed by atoms with Crippen molar-refractivity contribution >= 4 is 27.7 Å². The normalized spacial score (nSPS) is 21.2. The van der Waals surface area contributed by atoms with Crippen LogP contribution >= 0.6 is 27.7 Å². The Morgan fingerprint density at radius 3 is 3.06 bits per heavy atom. The van der Waals surface area contributed by atoms with E-state index in [0.717, 1.165) is 23.0 Å². The Hall–Kier alpha value is -0.0600. The lowest BCUT2D eigenvalue weighted by Crippen LogP contribution is -2.38. The first-order chi connectivity index (χ1) is 8.70. The maximum atomic E-state index is 13.3. The average molecular weight is 332 g/mol. The van der Waals surface area contributed by atoms with Gasteiger partial charge in [0.1, 0.15) is 5.82 Å². The van der Waals surface area contributed by atoms with Crippen molar-refractivity contribution in [2.24, 2.45) is 5.92 Å². The van der Waals surface area contributed by atoms with Crippen molar-refractivity contribution in [3.05, 3.63) is 34.1 Å². The molecule has 1 aromatic carbocycles. The van der Waals surface area contributed by atoms with E-state index in [-0.39, 0.29) is 5.82 Å². The quantitative estimate of drug-likeness (QED) is 0.879. The Balaban J connectivity index is 2.09. The molecule has 0 spiro atoms. The molecule has 1 aliphatic rings. The predicted octanol–water partition coefficient (Wildman–Crippen LogP) is 3.86. The van der Waals surface area contributed by atoms with Gasteiger partial charge in [0.15, 0.2) is 0 Å². The molecule has 0 saturated carbocycles. The minimum atomic E-state index is -0.149. The molecule has 2 rings (SSSR count). The third-order valence-electron chi connectivity index (χ3n) is 3.45. The number of halogens is 2. The SMILES string of the molecule is CCNC(Cc1cc(F)ccc1Br)C1CCSC1. The molecule has 1 aliphatic heterocycles. The summed E-state index contributed by atoms with van der Waals surface area (Å²) in [4.78, 5) is 0. The van der Waals surface area contributed by atoms with Gasteiger partial charge in [-0.25, -0.2) is 4.39 Å². The summed E-state index contributed by atoms with van der Waals surface area (Å²) in [6, 6.07) is 5.41. The van der Waals surface area contributed by atoms with Gasteiger partial charge in [0, 0.05) is 10.5 Å². The van der Waals surface area contributed by atoms with Gasteiger partial charge >= 0.3 is 0 Å². The maximum absolute atomic E-state index is 13.3. The third kappa shape index (κ3) is 3.72. The fourth-order valence-electron chi connectivity index (χ4n) is 2.47. The van der Waals surface area contributed by atoms with Crippen molar-refractivity contribution in [3.63, 3.8) is 0 Å². The fourth-order valence-corrected chi connectivity index (χ4v) is 4.22. The Morgan fingerprint density at radius 2 is 2.39 bits per heavy atom. The smallest absolute Gasteiger partial charge is 0.123 e. The number of hydrogen-bond donors (Lipinski definition) is 1. The van der Waals surface area contributed by atoms with Gasteiger partial charge in [-0.3, -0.25) is 0 Å². The summed E-state index contributed by atoms with van der Waals surface area (Å²) in [5, 5.41) is 3.56. The Morgan fingerprint density at radius 1 is 1.56 bits per heavy atom. The van der Waals surface area contributed by atoms with Crippen molar-refractivity contribution in [2.75, 3.05) is 18.1 Å². The molecule has 18 heavy (non-hydrogen) atoms. The van der Waals surface area contributed by atoms with E-state index in [1.807, 2.05) is 11.8 Å². The van der Waals surface area contributed by atoms with Crippen LogP contribution in [0.2, 0.25) is 0 Å². The monoisotopic (exact) mass is 331 g/mol. The molecule has 0 aliphatic carbocycles. The lowest BCUT2D eigenvalue weighted by Gasteiger charge is -2.24. The summed E-state index contributed by atoms with van der Waals surface area (Å²) >= 11 is 5.55. The van der Waals surface area contributed by atoms with E-state index in [0.29, 0.717) is 12.0 Å². The van der Waals surface area contributed by atoms with Crippen LogP contribution in [0.25, 0.3) is 0 Å². The van der Waals surface area contributed by atoms with Crippen molar-refractivity contribution in [1.29, 1.82) is 0 Å². The van der Waals surface area contributed by atoms with Crippen LogP contribution in [0.3, 0.4) is 0 Å². The molecule has 0 bridgehead atoms. The molecular weight excluding hydrogens is 313 g/mol. The zero-order valence-corrected chi connectivity index (χ0v) is 13.0. The number of benzene rings is 1. The highest BCUT2D eigenvalue weighted by molar-refractivity contribution is 9.10. The van der Waals surface area contributed by atoms with Gasteiger partial charge < -0.3 is 5.32 Å². The summed E-state index contributed by atoms with van der Waals surface area (Å²) in [5.74, 6) is 3.05. The molecule has 0 amide bonds. The van der Waals surface area contributed by atoms with Crippen molar-refractivity contribution < 1.29 is 4.39 Å². The van der Waals surface area contributed by atoms with E-state index in [1.54, 1.807) is 12.1 Å². The number of likely N-dealkylation sites (N-methyl/N-ethyl adjacent to an activating group) is 1. The first-order valence-electron chi connectivity index (χ1n) is 6.45.